The molecule has 3 fully saturated rings. The minimum atomic E-state index is -0.364. The van der Waals surface area contributed by atoms with Crippen molar-refractivity contribution in [2.45, 2.75) is 44.8 Å². The molecule has 0 radical (unpaired) electrons. The van der Waals surface area contributed by atoms with Crippen molar-refractivity contribution < 1.29 is 14.6 Å². The summed E-state index contributed by atoms with van der Waals surface area (Å²) < 4.78 is 5.79. The van der Waals surface area contributed by atoms with Crippen molar-refractivity contribution in [3.05, 3.63) is 0 Å². The molecule has 1 aliphatic carbocycles. The fourth-order valence-electron chi connectivity index (χ4n) is 3.95. The first kappa shape index (κ1) is 14.3. The van der Waals surface area contributed by atoms with Gasteiger partial charge in [-0.15, -0.1) is 0 Å². The molecule has 2 aliphatic heterocycles. The number of hydrogen-bond acceptors (Lipinski definition) is 4. The maximum absolute atomic E-state index is 12.8. The van der Waals surface area contributed by atoms with Gasteiger partial charge in [0.25, 0.3) is 0 Å². The lowest BCUT2D eigenvalue weighted by molar-refractivity contribution is -0.168. The van der Waals surface area contributed by atoms with Crippen LogP contribution in [0.5, 0.6) is 0 Å². The Hall–Kier alpha value is -0.650. The molecule has 2 heterocycles. The molecule has 0 aromatic carbocycles. The van der Waals surface area contributed by atoms with E-state index in [1.807, 2.05) is 18.7 Å². The van der Waals surface area contributed by atoms with Crippen LogP contribution in [0.3, 0.4) is 0 Å². The number of nitrogens with one attached hydrogen (secondary N) is 1. The zero-order chi connectivity index (χ0) is 14.4. The van der Waals surface area contributed by atoms with Crippen LogP contribution in [0.15, 0.2) is 0 Å². The highest BCUT2D eigenvalue weighted by Crippen LogP contribution is 2.59. The topological polar surface area (TPSA) is 61.8 Å². The number of piperidine rings is 1. The largest absolute Gasteiger partial charge is 0.394 e. The third kappa shape index (κ3) is 2.59. The first-order chi connectivity index (χ1) is 9.46. The second-order valence-corrected chi connectivity index (χ2v) is 7.27. The Morgan fingerprint density at radius 1 is 1.40 bits per heavy atom. The summed E-state index contributed by atoms with van der Waals surface area (Å²) >= 11 is 0. The molecule has 3 rings (SSSR count). The molecule has 3 aliphatic rings. The number of nitrogens with zero attached hydrogens (tertiary/aromatic N) is 1. The third-order valence-corrected chi connectivity index (χ3v) is 5.08. The number of amides is 1. The van der Waals surface area contributed by atoms with Gasteiger partial charge in [-0.1, -0.05) is 0 Å². The Morgan fingerprint density at radius 2 is 2.10 bits per heavy atom. The van der Waals surface area contributed by atoms with Gasteiger partial charge in [0.2, 0.25) is 5.91 Å². The summed E-state index contributed by atoms with van der Waals surface area (Å²) in [5.41, 5.74) is -0.0863. The lowest BCUT2D eigenvalue weighted by Crippen LogP contribution is -2.56. The zero-order valence-electron chi connectivity index (χ0n) is 12.5. The van der Waals surface area contributed by atoms with E-state index < -0.39 is 0 Å². The van der Waals surface area contributed by atoms with Gasteiger partial charge in [0, 0.05) is 19.0 Å². The monoisotopic (exact) mass is 282 g/mol. The molecule has 0 aromatic rings. The van der Waals surface area contributed by atoms with Gasteiger partial charge >= 0.3 is 0 Å². The predicted molar refractivity (Wildman–Crippen MR) is 75.3 cm³/mol. The maximum Gasteiger partial charge on any atom is 0.226 e. The van der Waals surface area contributed by atoms with E-state index in [4.69, 9.17) is 4.74 Å². The molecule has 1 spiro atoms. The molecular formula is C15H26N2O3. The molecule has 20 heavy (non-hydrogen) atoms. The second-order valence-electron chi connectivity index (χ2n) is 7.27. The molecule has 2 saturated heterocycles. The fraction of sp³-hybridized carbons (Fsp3) is 0.933. The Kier molecular flexibility index (Phi) is 3.55. The molecule has 2 N–H and O–H groups in total. The van der Waals surface area contributed by atoms with Gasteiger partial charge in [0.1, 0.15) is 0 Å². The number of morpholine rings is 1. The summed E-state index contributed by atoms with van der Waals surface area (Å²) in [5, 5.41) is 12.7. The van der Waals surface area contributed by atoms with Gasteiger partial charge in [0.05, 0.1) is 18.3 Å². The van der Waals surface area contributed by atoms with E-state index in [1.165, 1.54) is 0 Å². The maximum atomic E-state index is 12.8. The van der Waals surface area contributed by atoms with Crippen molar-refractivity contribution in [1.29, 1.82) is 0 Å². The quantitative estimate of drug-likeness (QED) is 0.768. The first-order valence-electron chi connectivity index (χ1n) is 7.74. The Labute approximate surface area is 120 Å². The number of aliphatic hydroxyl groups excluding tert-OH is 1. The van der Waals surface area contributed by atoms with Gasteiger partial charge in [-0.05, 0) is 51.6 Å². The van der Waals surface area contributed by atoms with Crippen molar-refractivity contribution >= 4 is 5.91 Å². The number of ether oxygens (including phenoxy) is 1. The van der Waals surface area contributed by atoms with Crippen molar-refractivity contribution in [3.63, 3.8) is 0 Å². The van der Waals surface area contributed by atoms with Crippen LogP contribution in [0.1, 0.15) is 33.1 Å². The van der Waals surface area contributed by atoms with Gasteiger partial charge in [-0.3, -0.25) is 4.79 Å². The Bertz CT molecular complexity index is 391. The van der Waals surface area contributed by atoms with Crippen LogP contribution in [-0.2, 0) is 9.53 Å². The number of aliphatic hydroxyl groups is 1. The van der Waals surface area contributed by atoms with E-state index >= 15 is 0 Å². The molecule has 5 heteroatoms. The smallest absolute Gasteiger partial charge is 0.226 e. The Morgan fingerprint density at radius 3 is 2.75 bits per heavy atom. The molecule has 0 bridgehead atoms. The van der Waals surface area contributed by atoms with Gasteiger partial charge in [-0.2, -0.15) is 0 Å². The first-order valence-corrected chi connectivity index (χ1v) is 7.74. The average molecular weight is 282 g/mol. The van der Waals surface area contributed by atoms with E-state index in [0.717, 1.165) is 32.4 Å². The lowest BCUT2D eigenvalue weighted by atomic mass is 9.91. The molecule has 2 unspecified atom stereocenters. The fourth-order valence-corrected chi connectivity index (χ4v) is 3.95. The van der Waals surface area contributed by atoms with Gasteiger partial charge in [0.15, 0.2) is 0 Å². The van der Waals surface area contributed by atoms with Crippen LogP contribution in [0.2, 0.25) is 0 Å². The van der Waals surface area contributed by atoms with E-state index in [-0.39, 0.29) is 35.6 Å². The van der Waals surface area contributed by atoms with Crippen molar-refractivity contribution in [3.8, 4) is 0 Å². The standard InChI is InChI=1S/C15H26N2O3/c1-14(2)10-17(8-11(9-18)20-14)13(19)12-7-15(12)3-5-16-6-4-15/h11-12,16,18H,3-10H2,1-2H3. The van der Waals surface area contributed by atoms with Crippen molar-refractivity contribution in [1.82, 2.24) is 10.2 Å². The SMILES string of the molecule is CC1(C)CN(C(=O)C2CC23CCNCC3)CC(CO)O1. The summed E-state index contributed by atoms with van der Waals surface area (Å²) in [5.74, 6) is 0.486. The van der Waals surface area contributed by atoms with Crippen LogP contribution < -0.4 is 5.32 Å². The average Bonchev–Trinajstić information content (AvgIpc) is 3.10. The molecule has 2 atom stereocenters. The zero-order valence-corrected chi connectivity index (χ0v) is 12.5. The summed E-state index contributed by atoms with van der Waals surface area (Å²) in [6, 6.07) is 0. The van der Waals surface area contributed by atoms with E-state index in [2.05, 4.69) is 5.32 Å². The molecule has 114 valence electrons. The van der Waals surface area contributed by atoms with E-state index in [0.29, 0.717) is 13.1 Å². The number of carbonyl (C=O) groups excluding carboxylic acids is 1. The minimum absolute atomic E-state index is 0.0209. The predicted octanol–water partition coefficient (Wildman–Crippen LogP) is 0.374. The highest BCUT2D eigenvalue weighted by Gasteiger charge is 2.59. The number of carbonyl (C=O) groups is 1. The number of rotatable bonds is 2. The van der Waals surface area contributed by atoms with Crippen LogP contribution in [0, 0.1) is 11.3 Å². The summed E-state index contributed by atoms with van der Waals surface area (Å²) in [6.45, 7) is 7.20. The van der Waals surface area contributed by atoms with Gasteiger partial charge in [-0.25, -0.2) is 0 Å². The summed E-state index contributed by atoms with van der Waals surface area (Å²) in [7, 11) is 0. The summed E-state index contributed by atoms with van der Waals surface area (Å²) in [6.07, 6.45) is 3.06. The van der Waals surface area contributed by atoms with Crippen LogP contribution in [0.4, 0.5) is 0 Å². The van der Waals surface area contributed by atoms with E-state index in [9.17, 15) is 9.90 Å². The van der Waals surface area contributed by atoms with Gasteiger partial charge < -0.3 is 20.1 Å². The minimum Gasteiger partial charge on any atom is -0.394 e. The summed E-state index contributed by atoms with van der Waals surface area (Å²) in [4.78, 5) is 14.7. The molecule has 5 nitrogen and oxygen atoms in total. The second kappa shape index (κ2) is 4.97. The van der Waals surface area contributed by atoms with Crippen LogP contribution in [-0.4, -0.2) is 60.4 Å². The third-order valence-electron chi connectivity index (χ3n) is 5.08. The highest BCUT2D eigenvalue weighted by atomic mass is 16.5. The van der Waals surface area contributed by atoms with Crippen LogP contribution >= 0.6 is 0 Å². The molecular weight excluding hydrogens is 256 g/mol. The number of hydrogen-bond donors (Lipinski definition) is 2. The highest BCUT2D eigenvalue weighted by molar-refractivity contribution is 5.83. The van der Waals surface area contributed by atoms with Crippen molar-refractivity contribution in [2.24, 2.45) is 11.3 Å². The Balaban J connectivity index is 1.65. The molecule has 0 aromatic heterocycles. The van der Waals surface area contributed by atoms with Crippen molar-refractivity contribution in [2.75, 3.05) is 32.8 Å². The van der Waals surface area contributed by atoms with E-state index in [1.54, 1.807) is 0 Å². The molecule has 1 saturated carbocycles. The lowest BCUT2D eigenvalue weighted by Gasteiger charge is -2.42. The molecule has 1 amide bonds. The normalized spacial score (nSPS) is 35.0. The van der Waals surface area contributed by atoms with Crippen LogP contribution in [0.25, 0.3) is 0 Å².